The maximum atomic E-state index is 10.4. The number of para-hydroxylation sites is 1. The largest absolute Gasteiger partial charge is 0.507 e. The van der Waals surface area contributed by atoms with E-state index in [-0.39, 0.29) is 5.41 Å². The van der Waals surface area contributed by atoms with Crippen molar-refractivity contribution in [3.05, 3.63) is 29.3 Å². The fraction of sp³-hybridized carbons (Fsp3) is 0.588. The van der Waals surface area contributed by atoms with Gasteiger partial charge in [-0.3, -0.25) is 4.99 Å². The first-order valence-corrected chi connectivity index (χ1v) is 7.34. The first-order chi connectivity index (χ1) is 8.98. The molecule has 0 aliphatic heterocycles. The van der Waals surface area contributed by atoms with Gasteiger partial charge < -0.3 is 5.11 Å². The van der Waals surface area contributed by atoms with Gasteiger partial charge in [-0.1, -0.05) is 52.2 Å². The van der Waals surface area contributed by atoms with Gasteiger partial charge in [0, 0.05) is 17.8 Å². The van der Waals surface area contributed by atoms with Crippen molar-refractivity contribution in [3.8, 4) is 5.75 Å². The van der Waals surface area contributed by atoms with Gasteiger partial charge in [-0.25, -0.2) is 0 Å². The normalized spacial score (nSPS) is 18.1. The summed E-state index contributed by atoms with van der Waals surface area (Å²) >= 11 is 0. The van der Waals surface area contributed by atoms with E-state index in [9.17, 15) is 5.11 Å². The van der Waals surface area contributed by atoms with E-state index >= 15 is 0 Å². The van der Waals surface area contributed by atoms with Crippen LogP contribution >= 0.6 is 0 Å². The van der Waals surface area contributed by atoms with Crippen LogP contribution in [0.1, 0.15) is 64.0 Å². The molecule has 0 aromatic heterocycles. The second kappa shape index (κ2) is 5.77. The number of phenols is 1. The minimum atomic E-state index is -0.0429. The summed E-state index contributed by atoms with van der Waals surface area (Å²) in [5.74, 6) is 0.384. The topological polar surface area (TPSA) is 32.6 Å². The summed E-state index contributed by atoms with van der Waals surface area (Å²) in [6.07, 6.45) is 8.16. The molecule has 1 fully saturated rings. The molecule has 1 saturated carbocycles. The van der Waals surface area contributed by atoms with Crippen molar-refractivity contribution < 1.29 is 5.11 Å². The third-order valence-electron chi connectivity index (χ3n) is 3.87. The van der Waals surface area contributed by atoms with Gasteiger partial charge in [0.2, 0.25) is 0 Å². The molecule has 2 rings (SSSR count). The molecule has 1 aromatic rings. The molecule has 0 bridgehead atoms. The van der Waals surface area contributed by atoms with Crippen LogP contribution in [0, 0.1) is 0 Å². The Hall–Kier alpha value is -1.31. The summed E-state index contributed by atoms with van der Waals surface area (Å²) < 4.78 is 0. The van der Waals surface area contributed by atoms with Crippen LogP contribution in [0.3, 0.4) is 0 Å². The molecule has 1 aromatic carbocycles. The van der Waals surface area contributed by atoms with Crippen molar-refractivity contribution >= 4 is 6.21 Å². The van der Waals surface area contributed by atoms with Crippen molar-refractivity contribution in [3.63, 3.8) is 0 Å². The monoisotopic (exact) mass is 259 g/mol. The number of hydrogen-bond donors (Lipinski definition) is 1. The van der Waals surface area contributed by atoms with Gasteiger partial charge in [0.15, 0.2) is 0 Å². The Morgan fingerprint density at radius 3 is 2.47 bits per heavy atom. The number of hydrogen-bond acceptors (Lipinski definition) is 2. The van der Waals surface area contributed by atoms with Crippen LogP contribution in [0.2, 0.25) is 0 Å². The lowest BCUT2D eigenvalue weighted by atomic mass is 9.85. The van der Waals surface area contributed by atoms with Gasteiger partial charge >= 0.3 is 0 Å². The molecular formula is C17H25NO. The molecule has 2 nitrogen and oxygen atoms in total. The molecule has 0 radical (unpaired) electrons. The number of aromatic hydroxyl groups is 1. The molecule has 0 saturated heterocycles. The van der Waals surface area contributed by atoms with Gasteiger partial charge in [-0.2, -0.15) is 0 Å². The Kier molecular flexibility index (Phi) is 4.28. The van der Waals surface area contributed by atoms with Gasteiger partial charge in [-0.15, -0.1) is 0 Å². The Balaban J connectivity index is 2.18. The molecule has 0 spiro atoms. The van der Waals surface area contributed by atoms with Crippen LogP contribution in [0.15, 0.2) is 23.2 Å². The molecule has 0 atom stereocenters. The zero-order valence-corrected chi connectivity index (χ0v) is 12.3. The smallest absolute Gasteiger partial charge is 0.128 e. The average molecular weight is 259 g/mol. The lowest BCUT2D eigenvalue weighted by Crippen LogP contribution is -2.12. The number of aliphatic imine (C=N–C) groups is 1. The lowest BCUT2D eigenvalue weighted by molar-refractivity contribution is 0.441. The predicted octanol–water partition coefficient (Wildman–Crippen LogP) is 4.44. The van der Waals surface area contributed by atoms with Crippen LogP contribution in [-0.2, 0) is 5.41 Å². The van der Waals surface area contributed by atoms with Crippen molar-refractivity contribution in [1.82, 2.24) is 0 Å². The van der Waals surface area contributed by atoms with Crippen molar-refractivity contribution in [2.24, 2.45) is 4.99 Å². The highest BCUT2D eigenvalue weighted by atomic mass is 16.3. The number of nitrogens with zero attached hydrogens (tertiary/aromatic N) is 1. The van der Waals surface area contributed by atoms with Crippen molar-refractivity contribution in [2.45, 2.75) is 64.3 Å². The molecular weight excluding hydrogens is 234 g/mol. The second-order valence-corrected chi connectivity index (χ2v) is 6.56. The summed E-state index contributed by atoms with van der Waals surface area (Å²) in [7, 11) is 0. The van der Waals surface area contributed by atoms with E-state index in [4.69, 9.17) is 0 Å². The van der Waals surface area contributed by atoms with Crippen molar-refractivity contribution in [2.75, 3.05) is 0 Å². The maximum absolute atomic E-state index is 10.4. The minimum Gasteiger partial charge on any atom is -0.507 e. The quantitative estimate of drug-likeness (QED) is 0.782. The highest BCUT2D eigenvalue weighted by molar-refractivity contribution is 5.84. The fourth-order valence-electron chi connectivity index (χ4n) is 2.69. The van der Waals surface area contributed by atoms with Crippen LogP contribution in [0.25, 0.3) is 0 Å². The molecule has 0 amide bonds. The number of rotatable bonds is 2. The van der Waals surface area contributed by atoms with E-state index < -0.39 is 0 Å². The fourth-order valence-corrected chi connectivity index (χ4v) is 2.69. The van der Waals surface area contributed by atoms with Crippen LogP contribution in [0.5, 0.6) is 5.75 Å². The summed E-state index contributed by atoms with van der Waals surface area (Å²) in [5, 5.41) is 10.4. The highest BCUT2D eigenvalue weighted by Gasteiger charge is 2.19. The SMILES string of the molecule is CC(C)(C)c1cccc(C=NC2CCCCC2)c1O. The zero-order valence-electron chi connectivity index (χ0n) is 12.3. The Morgan fingerprint density at radius 2 is 1.84 bits per heavy atom. The predicted molar refractivity (Wildman–Crippen MR) is 81.3 cm³/mol. The van der Waals surface area contributed by atoms with Gasteiger partial charge in [0.25, 0.3) is 0 Å². The van der Waals surface area contributed by atoms with Crippen molar-refractivity contribution in [1.29, 1.82) is 0 Å². The first-order valence-electron chi connectivity index (χ1n) is 7.34. The molecule has 0 heterocycles. The summed E-state index contributed by atoms with van der Waals surface area (Å²) in [6.45, 7) is 6.35. The third-order valence-corrected chi connectivity index (χ3v) is 3.87. The lowest BCUT2D eigenvalue weighted by Gasteiger charge is -2.21. The van der Waals surface area contributed by atoms with Crippen LogP contribution < -0.4 is 0 Å². The maximum Gasteiger partial charge on any atom is 0.128 e. The molecule has 19 heavy (non-hydrogen) atoms. The minimum absolute atomic E-state index is 0.0429. The zero-order chi connectivity index (χ0) is 13.9. The van der Waals surface area contributed by atoms with E-state index in [2.05, 4.69) is 25.8 Å². The van der Waals surface area contributed by atoms with Gasteiger partial charge in [0.1, 0.15) is 5.75 Å². The third kappa shape index (κ3) is 3.59. The molecule has 2 heteroatoms. The molecule has 0 unspecified atom stereocenters. The van der Waals surface area contributed by atoms with E-state index in [1.54, 1.807) is 0 Å². The summed E-state index contributed by atoms with van der Waals surface area (Å²) in [6, 6.07) is 6.39. The van der Waals surface area contributed by atoms with E-state index in [1.165, 1.54) is 32.1 Å². The molecule has 1 aliphatic carbocycles. The Bertz CT molecular complexity index is 451. The average Bonchev–Trinajstić information content (AvgIpc) is 2.37. The molecule has 1 N–H and O–H groups in total. The molecule has 104 valence electrons. The summed E-state index contributed by atoms with van der Waals surface area (Å²) in [5.41, 5.74) is 1.79. The molecule has 1 aliphatic rings. The van der Waals surface area contributed by atoms with E-state index in [0.29, 0.717) is 11.8 Å². The van der Waals surface area contributed by atoms with Gasteiger partial charge in [0.05, 0.1) is 0 Å². The Morgan fingerprint density at radius 1 is 1.16 bits per heavy atom. The first kappa shape index (κ1) is 14.1. The van der Waals surface area contributed by atoms with Crippen LogP contribution in [0.4, 0.5) is 0 Å². The Labute approximate surface area is 116 Å². The van der Waals surface area contributed by atoms with Gasteiger partial charge in [-0.05, 0) is 29.9 Å². The standard InChI is InChI=1S/C17H25NO/c1-17(2,3)15-11-7-8-13(16(15)19)12-18-14-9-5-4-6-10-14/h7-8,11-12,14,19H,4-6,9-10H2,1-3H3. The van der Waals surface area contributed by atoms with E-state index in [1.807, 2.05) is 24.4 Å². The number of benzene rings is 1. The highest BCUT2D eigenvalue weighted by Crippen LogP contribution is 2.32. The van der Waals surface area contributed by atoms with E-state index in [0.717, 1.165) is 11.1 Å². The summed E-state index contributed by atoms with van der Waals surface area (Å²) in [4.78, 5) is 4.65. The second-order valence-electron chi connectivity index (χ2n) is 6.56. The number of phenolic OH excluding ortho intramolecular Hbond substituents is 1. The van der Waals surface area contributed by atoms with Crippen LogP contribution in [-0.4, -0.2) is 17.4 Å².